The molecular weight excluding hydrogens is 360 g/mol. The number of aromatic nitrogens is 1. The Bertz CT molecular complexity index is 555. The Morgan fingerprint density at radius 1 is 1.22 bits per heavy atom. The van der Waals surface area contributed by atoms with Crippen molar-refractivity contribution in [3.8, 4) is 0 Å². The van der Waals surface area contributed by atoms with Crippen molar-refractivity contribution in [1.82, 2.24) is 4.98 Å². The summed E-state index contributed by atoms with van der Waals surface area (Å²) in [5.74, 6) is -0.171. The number of anilines is 1. The van der Waals surface area contributed by atoms with Crippen molar-refractivity contribution in [3.05, 3.63) is 58.3 Å². The van der Waals surface area contributed by atoms with E-state index >= 15 is 0 Å². The molecule has 1 heterocycles. The lowest BCUT2D eigenvalue weighted by Crippen LogP contribution is -2.12. The van der Waals surface area contributed by atoms with Crippen molar-refractivity contribution < 1.29 is 4.79 Å². The highest BCUT2D eigenvalue weighted by molar-refractivity contribution is 9.10. The second-order valence-corrected chi connectivity index (χ2v) is 5.15. The molecule has 0 aliphatic heterocycles. The lowest BCUT2D eigenvalue weighted by atomic mass is 10.2. The number of pyridine rings is 1. The largest absolute Gasteiger partial charge is 0.322 e. The average molecular weight is 370 g/mol. The molecule has 1 aromatic carbocycles. The average Bonchev–Trinajstić information content (AvgIpc) is 2.39. The highest BCUT2D eigenvalue weighted by Gasteiger charge is 2.06. The summed E-state index contributed by atoms with van der Waals surface area (Å²) in [6.07, 6.45) is 3.18. The van der Waals surface area contributed by atoms with Crippen LogP contribution in [0.2, 0.25) is 0 Å². The summed E-state index contributed by atoms with van der Waals surface area (Å²) in [6, 6.07) is 9.40. The monoisotopic (exact) mass is 368 g/mol. The van der Waals surface area contributed by atoms with Gasteiger partial charge in [0.15, 0.2) is 0 Å². The van der Waals surface area contributed by atoms with Crippen LogP contribution in [-0.2, 0) is 5.33 Å². The maximum atomic E-state index is 11.9. The number of halogens is 2. The van der Waals surface area contributed by atoms with E-state index in [0.29, 0.717) is 5.56 Å². The maximum Gasteiger partial charge on any atom is 0.257 e. The summed E-state index contributed by atoms with van der Waals surface area (Å²) in [7, 11) is 0. The molecule has 0 saturated heterocycles. The second kappa shape index (κ2) is 6.11. The Hall–Kier alpha value is -1.20. The number of benzene rings is 1. The molecule has 1 amide bonds. The molecule has 2 aromatic rings. The zero-order valence-corrected chi connectivity index (χ0v) is 12.5. The molecule has 0 aliphatic rings. The van der Waals surface area contributed by atoms with Crippen molar-refractivity contribution in [1.29, 1.82) is 0 Å². The smallest absolute Gasteiger partial charge is 0.257 e. The van der Waals surface area contributed by atoms with E-state index in [1.165, 1.54) is 6.20 Å². The van der Waals surface area contributed by atoms with Gasteiger partial charge in [-0.1, -0.05) is 28.1 Å². The molecule has 0 fully saturated rings. The Balaban J connectivity index is 2.11. The fraction of sp³-hybridized carbons (Fsp3) is 0.0769. The Kier molecular flexibility index (Phi) is 4.49. The number of amides is 1. The third-order valence-electron chi connectivity index (χ3n) is 2.33. The first-order chi connectivity index (χ1) is 8.69. The molecule has 0 radical (unpaired) electrons. The highest BCUT2D eigenvalue weighted by atomic mass is 79.9. The summed E-state index contributed by atoms with van der Waals surface area (Å²) >= 11 is 6.66. The van der Waals surface area contributed by atoms with Gasteiger partial charge < -0.3 is 5.32 Å². The summed E-state index contributed by atoms with van der Waals surface area (Å²) in [6.45, 7) is 0. The number of hydrogen-bond donors (Lipinski definition) is 1. The standard InChI is InChI=1S/C13H10Br2N2O/c14-6-9-1-3-12(4-2-9)17-13(18)10-5-11(15)8-16-7-10/h1-5,7-8H,6H2,(H,17,18). The van der Waals surface area contributed by atoms with Gasteiger partial charge in [-0.2, -0.15) is 0 Å². The number of rotatable bonds is 3. The lowest BCUT2D eigenvalue weighted by molar-refractivity contribution is 0.102. The molecule has 0 spiro atoms. The summed E-state index contributed by atoms with van der Waals surface area (Å²) in [5, 5.41) is 3.62. The van der Waals surface area contributed by atoms with Crippen LogP contribution < -0.4 is 5.32 Å². The molecule has 3 nitrogen and oxygen atoms in total. The van der Waals surface area contributed by atoms with Crippen LogP contribution in [0.15, 0.2) is 47.2 Å². The quantitative estimate of drug-likeness (QED) is 0.831. The second-order valence-electron chi connectivity index (χ2n) is 3.68. The van der Waals surface area contributed by atoms with E-state index in [9.17, 15) is 4.79 Å². The van der Waals surface area contributed by atoms with E-state index in [1.54, 1.807) is 12.3 Å². The van der Waals surface area contributed by atoms with Crippen molar-refractivity contribution >= 4 is 43.5 Å². The van der Waals surface area contributed by atoms with Crippen molar-refractivity contribution in [3.63, 3.8) is 0 Å². The molecule has 0 aliphatic carbocycles. The van der Waals surface area contributed by atoms with Gasteiger partial charge in [0.2, 0.25) is 0 Å². The normalized spacial score (nSPS) is 10.1. The van der Waals surface area contributed by atoms with Crippen molar-refractivity contribution in [2.24, 2.45) is 0 Å². The molecule has 18 heavy (non-hydrogen) atoms. The third kappa shape index (κ3) is 3.40. The van der Waals surface area contributed by atoms with Crippen molar-refractivity contribution in [2.45, 2.75) is 5.33 Å². The number of carbonyl (C=O) groups excluding carboxylic acids is 1. The van der Waals surface area contributed by atoms with Crippen LogP contribution in [0.5, 0.6) is 0 Å². The summed E-state index contributed by atoms with van der Waals surface area (Å²) < 4.78 is 0.782. The fourth-order valence-electron chi connectivity index (χ4n) is 1.42. The van der Waals surface area contributed by atoms with Gasteiger partial charge in [0.1, 0.15) is 0 Å². The number of alkyl halides is 1. The Morgan fingerprint density at radius 3 is 2.56 bits per heavy atom. The van der Waals surface area contributed by atoms with E-state index in [-0.39, 0.29) is 5.91 Å². The number of hydrogen-bond acceptors (Lipinski definition) is 2. The first kappa shape index (κ1) is 13.2. The van der Waals surface area contributed by atoms with E-state index < -0.39 is 0 Å². The number of carbonyl (C=O) groups is 1. The van der Waals surface area contributed by atoms with Gasteiger partial charge in [-0.05, 0) is 39.7 Å². The van der Waals surface area contributed by atoms with Gasteiger partial charge in [-0.15, -0.1) is 0 Å². The minimum atomic E-state index is -0.171. The van der Waals surface area contributed by atoms with Gasteiger partial charge in [0.05, 0.1) is 5.56 Å². The lowest BCUT2D eigenvalue weighted by Gasteiger charge is -2.05. The molecule has 1 aromatic heterocycles. The predicted octanol–water partition coefficient (Wildman–Crippen LogP) is 3.99. The molecule has 2 rings (SSSR count). The first-order valence-electron chi connectivity index (χ1n) is 5.26. The molecule has 0 bridgehead atoms. The van der Waals surface area contributed by atoms with Crippen LogP contribution in [-0.4, -0.2) is 10.9 Å². The van der Waals surface area contributed by atoms with Crippen molar-refractivity contribution in [2.75, 3.05) is 5.32 Å². The first-order valence-corrected chi connectivity index (χ1v) is 7.17. The van der Waals surface area contributed by atoms with Gasteiger partial charge >= 0.3 is 0 Å². The van der Waals surface area contributed by atoms with Crippen LogP contribution in [0.25, 0.3) is 0 Å². The zero-order chi connectivity index (χ0) is 13.0. The predicted molar refractivity (Wildman–Crippen MR) is 79.0 cm³/mol. The summed E-state index contributed by atoms with van der Waals surface area (Å²) in [4.78, 5) is 15.9. The van der Waals surface area contributed by atoms with Crippen LogP contribution >= 0.6 is 31.9 Å². The SMILES string of the molecule is O=C(Nc1ccc(CBr)cc1)c1cncc(Br)c1. The fourth-order valence-corrected chi connectivity index (χ4v) is 2.16. The Labute approximate surface area is 122 Å². The highest BCUT2D eigenvalue weighted by Crippen LogP contribution is 2.14. The van der Waals surface area contributed by atoms with Gasteiger partial charge in [-0.25, -0.2) is 0 Å². The van der Waals surface area contributed by atoms with E-state index in [2.05, 4.69) is 42.2 Å². The van der Waals surface area contributed by atoms with Crippen LogP contribution in [0.1, 0.15) is 15.9 Å². The van der Waals surface area contributed by atoms with E-state index in [4.69, 9.17) is 0 Å². The Morgan fingerprint density at radius 2 is 1.94 bits per heavy atom. The third-order valence-corrected chi connectivity index (χ3v) is 3.41. The number of nitrogens with zero attached hydrogens (tertiary/aromatic N) is 1. The van der Waals surface area contributed by atoms with E-state index in [1.807, 2.05) is 24.3 Å². The van der Waals surface area contributed by atoms with Crippen LogP contribution in [0, 0.1) is 0 Å². The molecule has 0 unspecified atom stereocenters. The van der Waals surface area contributed by atoms with Crippen LogP contribution in [0.4, 0.5) is 5.69 Å². The van der Waals surface area contributed by atoms with Crippen LogP contribution in [0.3, 0.4) is 0 Å². The summed E-state index contributed by atoms with van der Waals surface area (Å²) in [5.41, 5.74) is 2.45. The maximum absolute atomic E-state index is 11.9. The van der Waals surface area contributed by atoms with Gasteiger partial charge in [0, 0.05) is 27.9 Å². The van der Waals surface area contributed by atoms with Gasteiger partial charge in [0.25, 0.3) is 5.91 Å². The zero-order valence-electron chi connectivity index (χ0n) is 9.36. The van der Waals surface area contributed by atoms with E-state index in [0.717, 1.165) is 21.1 Å². The molecule has 0 atom stereocenters. The topological polar surface area (TPSA) is 42.0 Å². The minimum Gasteiger partial charge on any atom is -0.322 e. The molecule has 0 saturated carbocycles. The van der Waals surface area contributed by atoms with Gasteiger partial charge in [-0.3, -0.25) is 9.78 Å². The molecule has 92 valence electrons. The molecular formula is C13H10Br2N2O. The minimum absolute atomic E-state index is 0.171. The number of nitrogens with one attached hydrogen (secondary N) is 1. The molecule has 1 N–H and O–H groups in total. The molecule has 5 heteroatoms.